The zero-order valence-corrected chi connectivity index (χ0v) is 11.5. The minimum atomic E-state index is 0.733. The molecule has 0 aromatic carbocycles. The standard InChI is InChI=1S/C14H24N4/c1-3-12-10-18(13-4-5-13)14(16-12)17-7-6-11(9-17)8-15-2/h10-11,13,15H,3-9H2,1-2H3. The van der Waals surface area contributed by atoms with Gasteiger partial charge in [0.15, 0.2) is 0 Å². The van der Waals surface area contributed by atoms with Crippen molar-refractivity contribution in [2.75, 3.05) is 31.6 Å². The highest BCUT2D eigenvalue weighted by molar-refractivity contribution is 5.36. The van der Waals surface area contributed by atoms with E-state index in [1.165, 1.54) is 37.4 Å². The van der Waals surface area contributed by atoms with E-state index < -0.39 is 0 Å². The summed E-state index contributed by atoms with van der Waals surface area (Å²) in [5.74, 6) is 2.01. The summed E-state index contributed by atoms with van der Waals surface area (Å²) in [5, 5.41) is 3.29. The molecule has 0 spiro atoms. The number of aromatic nitrogens is 2. The van der Waals surface area contributed by atoms with Crippen molar-refractivity contribution in [1.29, 1.82) is 0 Å². The van der Waals surface area contributed by atoms with Crippen LogP contribution in [0, 0.1) is 5.92 Å². The molecule has 1 aliphatic heterocycles. The van der Waals surface area contributed by atoms with Crippen LogP contribution in [0.4, 0.5) is 5.95 Å². The minimum absolute atomic E-state index is 0.733. The quantitative estimate of drug-likeness (QED) is 0.863. The first-order valence-corrected chi connectivity index (χ1v) is 7.29. The molecule has 1 N–H and O–H groups in total. The molecule has 0 amide bonds. The number of anilines is 1. The Morgan fingerprint density at radius 3 is 2.89 bits per heavy atom. The third-order valence-electron chi connectivity index (χ3n) is 4.13. The predicted octanol–water partition coefficient (Wildman–Crippen LogP) is 1.83. The second kappa shape index (κ2) is 4.92. The average molecular weight is 248 g/mol. The summed E-state index contributed by atoms with van der Waals surface area (Å²) < 4.78 is 2.43. The van der Waals surface area contributed by atoms with Crippen LogP contribution in [0.5, 0.6) is 0 Å². The van der Waals surface area contributed by atoms with Crippen molar-refractivity contribution in [3.63, 3.8) is 0 Å². The second-order valence-corrected chi connectivity index (χ2v) is 5.68. The average Bonchev–Trinajstić information content (AvgIpc) is 2.97. The number of imidazole rings is 1. The zero-order chi connectivity index (χ0) is 12.5. The second-order valence-electron chi connectivity index (χ2n) is 5.68. The van der Waals surface area contributed by atoms with Crippen LogP contribution in [0.1, 0.15) is 37.9 Å². The molecule has 1 aromatic rings. The number of nitrogens with one attached hydrogen (secondary N) is 1. The molecule has 1 saturated heterocycles. The van der Waals surface area contributed by atoms with Crippen LogP contribution in [-0.4, -0.2) is 36.2 Å². The summed E-state index contributed by atoms with van der Waals surface area (Å²) in [4.78, 5) is 7.32. The third kappa shape index (κ3) is 2.26. The van der Waals surface area contributed by atoms with Crippen LogP contribution >= 0.6 is 0 Å². The predicted molar refractivity (Wildman–Crippen MR) is 74.1 cm³/mol. The fraction of sp³-hybridized carbons (Fsp3) is 0.786. The summed E-state index contributed by atoms with van der Waals surface area (Å²) in [5.41, 5.74) is 1.24. The van der Waals surface area contributed by atoms with Gasteiger partial charge in [-0.05, 0) is 45.2 Å². The van der Waals surface area contributed by atoms with Gasteiger partial charge in [-0.25, -0.2) is 4.98 Å². The maximum atomic E-state index is 4.83. The molecule has 1 unspecified atom stereocenters. The topological polar surface area (TPSA) is 33.1 Å². The van der Waals surface area contributed by atoms with E-state index in [9.17, 15) is 0 Å². The summed E-state index contributed by atoms with van der Waals surface area (Å²) in [6.45, 7) is 5.64. The third-order valence-corrected chi connectivity index (χ3v) is 4.13. The molecule has 2 fully saturated rings. The summed E-state index contributed by atoms with van der Waals surface area (Å²) >= 11 is 0. The number of hydrogen-bond acceptors (Lipinski definition) is 3. The molecular weight excluding hydrogens is 224 g/mol. The number of aryl methyl sites for hydroxylation is 1. The number of hydrogen-bond donors (Lipinski definition) is 1. The molecule has 3 rings (SSSR count). The van der Waals surface area contributed by atoms with Crippen molar-refractivity contribution in [2.24, 2.45) is 5.92 Å². The van der Waals surface area contributed by atoms with E-state index in [4.69, 9.17) is 4.98 Å². The Morgan fingerprint density at radius 2 is 2.22 bits per heavy atom. The summed E-state index contributed by atoms with van der Waals surface area (Å²) in [7, 11) is 2.04. The van der Waals surface area contributed by atoms with Crippen LogP contribution < -0.4 is 10.2 Å². The van der Waals surface area contributed by atoms with Gasteiger partial charge in [0.25, 0.3) is 0 Å². The molecule has 4 nitrogen and oxygen atoms in total. The van der Waals surface area contributed by atoms with Gasteiger partial charge in [-0.1, -0.05) is 6.92 Å². The summed E-state index contributed by atoms with van der Waals surface area (Å²) in [6, 6.07) is 0.733. The lowest BCUT2D eigenvalue weighted by molar-refractivity contribution is 0.547. The van der Waals surface area contributed by atoms with E-state index in [2.05, 4.69) is 27.9 Å². The molecule has 1 saturated carbocycles. The van der Waals surface area contributed by atoms with Crippen LogP contribution in [0.25, 0.3) is 0 Å². The molecule has 1 aliphatic carbocycles. The number of rotatable bonds is 5. The largest absolute Gasteiger partial charge is 0.342 e. The summed E-state index contributed by atoms with van der Waals surface area (Å²) in [6.07, 6.45) is 7.28. The van der Waals surface area contributed by atoms with E-state index in [0.29, 0.717) is 0 Å². The molecule has 1 atom stereocenters. The van der Waals surface area contributed by atoms with Gasteiger partial charge in [-0.2, -0.15) is 0 Å². The molecule has 4 heteroatoms. The fourth-order valence-electron chi connectivity index (χ4n) is 2.93. The van der Waals surface area contributed by atoms with Gasteiger partial charge in [-0.15, -0.1) is 0 Å². The van der Waals surface area contributed by atoms with Gasteiger partial charge < -0.3 is 14.8 Å². The highest BCUT2D eigenvalue weighted by atomic mass is 15.3. The fourth-order valence-corrected chi connectivity index (χ4v) is 2.93. The van der Waals surface area contributed by atoms with Crippen LogP contribution in [0.3, 0.4) is 0 Å². The minimum Gasteiger partial charge on any atom is -0.342 e. The Hall–Kier alpha value is -1.03. The molecular formula is C14H24N4. The van der Waals surface area contributed by atoms with Gasteiger partial charge in [-0.3, -0.25) is 0 Å². The molecule has 2 aliphatic rings. The molecule has 2 heterocycles. The van der Waals surface area contributed by atoms with E-state index >= 15 is 0 Å². The van der Waals surface area contributed by atoms with E-state index in [-0.39, 0.29) is 0 Å². The molecule has 0 bridgehead atoms. The van der Waals surface area contributed by atoms with Gasteiger partial charge >= 0.3 is 0 Å². The highest BCUT2D eigenvalue weighted by Gasteiger charge is 2.31. The van der Waals surface area contributed by atoms with Crippen LogP contribution in [-0.2, 0) is 6.42 Å². The highest BCUT2D eigenvalue weighted by Crippen LogP contribution is 2.39. The Labute approximate surface area is 109 Å². The van der Waals surface area contributed by atoms with E-state index in [1.54, 1.807) is 0 Å². The van der Waals surface area contributed by atoms with Crippen LogP contribution in [0.15, 0.2) is 6.20 Å². The lowest BCUT2D eigenvalue weighted by Gasteiger charge is -2.19. The first-order chi connectivity index (χ1) is 8.81. The van der Waals surface area contributed by atoms with Crippen molar-refractivity contribution >= 4 is 5.95 Å². The Balaban J connectivity index is 1.77. The van der Waals surface area contributed by atoms with Crippen molar-refractivity contribution in [3.8, 4) is 0 Å². The van der Waals surface area contributed by atoms with Gasteiger partial charge in [0.2, 0.25) is 5.95 Å². The van der Waals surface area contributed by atoms with Gasteiger partial charge in [0.05, 0.1) is 5.69 Å². The van der Waals surface area contributed by atoms with Crippen molar-refractivity contribution in [2.45, 2.75) is 38.6 Å². The van der Waals surface area contributed by atoms with Crippen molar-refractivity contribution in [3.05, 3.63) is 11.9 Å². The van der Waals surface area contributed by atoms with Crippen molar-refractivity contribution < 1.29 is 0 Å². The lowest BCUT2D eigenvalue weighted by Crippen LogP contribution is -2.26. The first kappa shape index (κ1) is 12.0. The normalized spacial score (nSPS) is 23.9. The maximum Gasteiger partial charge on any atom is 0.205 e. The lowest BCUT2D eigenvalue weighted by atomic mass is 10.1. The monoisotopic (exact) mass is 248 g/mol. The Morgan fingerprint density at radius 1 is 1.39 bits per heavy atom. The Kier molecular flexibility index (Phi) is 3.29. The van der Waals surface area contributed by atoms with E-state index in [0.717, 1.165) is 31.5 Å². The first-order valence-electron chi connectivity index (χ1n) is 7.29. The van der Waals surface area contributed by atoms with Crippen LogP contribution in [0.2, 0.25) is 0 Å². The van der Waals surface area contributed by atoms with Gasteiger partial charge in [0, 0.05) is 25.3 Å². The molecule has 18 heavy (non-hydrogen) atoms. The smallest absolute Gasteiger partial charge is 0.205 e. The SMILES string of the molecule is CCc1cn(C2CC2)c(N2CCC(CNC)C2)n1. The maximum absolute atomic E-state index is 4.83. The Bertz CT molecular complexity index is 408. The molecule has 1 aromatic heterocycles. The number of nitrogens with zero attached hydrogens (tertiary/aromatic N) is 3. The van der Waals surface area contributed by atoms with E-state index in [1.807, 2.05) is 7.05 Å². The molecule has 0 radical (unpaired) electrons. The zero-order valence-electron chi connectivity index (χ0n) is 11.5. The van der Waals surface area contributed by atoms with Crippen molar-refractivity contribution in [1.82, 2.24) is 14.9 Å². The molecule has 100 valence electrons. The van der Waals surface area contributed by atoms with Gasteiger partial charge in [0.1, 0.15) is 0 Å².